The molecular weight excluding hydrogens is 376 g/mol. The number of hydrogen-bond acceptors (Lipinski definition) is 4. The van der Waals surface area contributed by atoms with Crippen LogP contribution in [-0.2, 0) is 17.9 Å². The Labute approximate surface area is 181 Å². The summed E-state index contributed by atoms with van der Waals surface area (Å²) in [5.74, 6) is 2.12. The van der Waals surface area contributed by atoms with Crippen molar-refractivity contribution < 1.29 is 15.7 Å². The molecule has 2 aromatic carbocycles. The van der Waals surface area contributed by atoms with Gasteiger partial charge in [-0.2, -0.15) is 0 Å². The molecule has 1 heterocycles. The lowest BCUT2D eigenvalue weighted by Gasteiger charge is -2.28. The second-order valence-electron chi connectivity index (χ2n) is 8.49. The molecule has 0 fully saturated rings. The molecule has 1 N–H and O–H groups in total. The number of amides is 1. The lowest BCUT2D eigenvalue weighted by Crippen LogP contribution is -2.45. The highest BCUT2D eigenvalue weighted by molar-refractivity contribution is 5.81. The van der Waals surface area contributed by atoms with Crippen LogP contribution in [0, 0.1) is 12.8 Å². The van der Waals surface area contributed by atoms with E-state index in [9.17, 15) is 4.79 Å². The lowest BCUT2D eigenvalue weighted by atomic mass is 10.1. The molecule has 2 aromatic rings. The third-order valence-corrected chi connectivity index (χ3v) is 5.19. The monoisotopic (exact) mass is 412 g/mol. The van der Waals surface area contributed by atoms with Crippen molar-refractivity contribution in [1.82, 2.24) is 10.2 Å². The fourth-order valence-electron chi connectivity index (χ4n) is 3.73. The maximum Gasteiger partial charge on any atom is 0.239 e. The van der Waals surface area contributed by atoms with Gasteiger partial charge in [0.25, 0.3) is 0 Å². The zero-order chi connectivity index (χ0) is 21.5. The van der Waals surface area contributed by atoms with Gasteiger partial charge < -0.3 is 19.7 Å². The summed E-state index contributed by atoms with van der Waals surface area (Å²) in [5, 5.41) is 3.37. The Morgan fingerprint density at radius 2 is 1.83 bits per heavy atom. The van der Waals surface area contributed by atoms with E-state index in [0.29, 0.717) is 38.8 Å². The summed E-state index contributed by atoms with van der Waals surface area (Å²) in [4.78, 5) is 15.2. The fraction of sp³-hybridized carbons (Fsp3) is 0.480. The third-order valence-electron chi connectivity index (χ3n) is 5.19. The molecule has 1 aliphatic heterocycles. The van der Waals surface area contributed by atoms with Gasteiger partial charge in [0, 0.05) is 27.5 Å². The molecule has 1 amide bonds. The summed E-state index contributed by atoms with van der Waals surface area (Å²) in [7, 11) is 0. The van der Waals surface area contributed by atoms with Crippen LogP contribution >= 0.6 is 0 Å². The summed E-state index contributed by atoms with van der Waals surface area (Å²) in [6, 6.07) is 14.0. The van der Waals surface area contributed by atoms with Crippen LogP contribution < -0.4 is 14.8 Å². The fourth-order valence-corrected chi connectivity index (χ4v) is 3.73. The summed E-state index contributed by atoms with van der Waals surface area (Å²) in [6.45, 7) is 11.5. The first-order valence-corrected chi connectivity index (χ1v) is 10.9. The van der Waals surface area contributed by atoms with Crippen molar-refractivity contribution in [3.8, 4) is 11.5 Å². The lowest BCUT2D eigenvalue weighted by molar-refractivity contribution is -0.134. The van der Waals surface area contributed by atoms with Crippen LogP contribution in [-0.4, -0.2) is 36.6 Å². The van der Waals surface area contributed by atoms with E-state index in [1.807, 2.05) is 43.0 Å². The second-order valence-corrected chi connectivity index (χ2v) is 8.49. The van der Waals surface area contributed by atoms with E-state index < -0.39 is 0 Å². The minimum Gasteiger partial charge on any atom is -0.490 e. The van der Waals surface area contributed by atoms with Gasteiger partial charge in [0.1, 0.15) is 0 Å². The Balaban J connectivity index is 0.00000341. The molecule has 0 unspecified atom stereocenters. The summed E-state index contributed by atoms with van der Waals surface area (Å²) >= 11 is 0. The van der Waals surface area contributed by atoms with E-state index in [1.54, 1.807) is 0 Å². The van der Waals surface area contributed by atoms with Gasteiger partial charge >= 0.3 is 0 Å². The van der Waals surface area contributed by atoms with Crippen molar-refractivity contribution in [1.29, 1.82) is 0 Å². The number of ether oxygens (including phenoxy) is 2. The van der Waals surface area contributed by atoms with Crippen molar-refractivity contribution in [2.24, 2.45) is 5.92 Å². The molecule has 0 aromatic heterocycles. The first-order chi connectivity index (χ1) is 14.4. The molecule has 3 rings (SSSR count). The molecule has 1 aliphatic rings. The van der Waals surface area contributed by atoms with E-state index in [0.717, 1.165) is 29.0 Å². The van der Waals surface area contributed by atoms with Crippen molar-refractivity contribution in [3.05, 3.63) is 59.2 Å². The van der Waals surface area contributed by atoms with Gasteiger partial charge in [-0.05, 0) is 42.5 Å². The molecule has 0 aliphatic carbocycles. The number of carbonyl (C=O) groups excluding carboxylic acids is 1. The highest BCUT2D eigenvalue weighted by Crippen LogP contribution is 2.34. The van der Waals surface area contributed by atoms with Crippen LogP contribution in [0.5, 0.6) is 11.5 Å². The van der Waals surface area contributed by atoms with Crippen LogP contribution in [0.15, 0.2) is 42.5 Å². The van der Waals surface area contributed by atoms with Gasteiger partial charge in [0.05, 0.1) is 19.3 Å². The number of hydrogen-bond donors (Lipinski definition) is 1. The number of carbonyl (C=O) groups is 1. The Bertz CT molecular complexity index is 842. The van der Waals surface area contributed by atoms with Gasteiger partial charge in [-0.3, -0.25) is 4.79 Å². The van der Waals surface area contributed by atoms with Crippen molar-refractivity contribution >= 4 is 5.91 Å². The maximum atomic E-state index is 13.2. The minimum atomic E-state index is -0.259. The molecule has 0 radical (unpaired) electrons. The van der Waals surface area contributed by atoms with Crippen LogP contribution in [0.4, 0.5) is 0 Å². The highest BCUT2D eigenvalue weighted by atomic mass is 16.5. The minimum absolute atomic E-state index is 0. The quantitative estimate of drug-likeness (QED) is 0.690. The molecule has 0 bridgehead atoms. The molecule has 1 atom stereocenters. The summed E-state index contributed by atoms with van der Waals surface area (Å²) < 4.78 is 11.7. The zero-order valence-corrected chi connectivity index (χ0v) is 18.6. The van der Waals surface area contributed by atoms with Crippen molar-refractivity contribution in [3.63, 3.8) is 0 Å². The molecule has 0 saturated heterocycles. The number of benzene rings is 2. The Kier molecular flexibility index (Phi) is 7.75. The molecule has 5 heteroatoms. The smallest absolute Gasteiger partial charge is 0.239 e. The predicted octanol–water partition coefficient (Wildman–Crippen LogP) is 4.57. The summed E-state index contributed by atoms with van der Waals surface area (Å²) in [5.41, 5.74) is 3.30. The number of rotatable bonds is 8. The van der Waals surface area contributed by atoms with E-state index in [4.69, 9.17) is 9.47 Å². The third kappa shape index (κ3) is 5.99. The molecule has 0 spiro atoms. The van der Waals surface area contributed by atoms with Crippen molar-refractivity contribution in [2.45, 2.75) is 53.2 Å². The Hall–Kier alpha value is -2.53. The van der Waals surface area contributed by atoms with E-state index >= 15 is 0 Å². The molecule has 30 heavy (non-hydrogen) atoms. The van der Waals surface area contributed by atoms with E-state index in [1.165, 1.54) is 5.56 Å². The number of nitrogens with zero attached hydrogens (tertiary/aromatic N) is 1. The molecular formula is C25H36N2O3. The standard InChI is InChI=1S/C25H34N2O3.H2/c1-18(2)16-27(25(28)20(4)26-15-21-9-6-5-7-10-21)17-22-13-19(3)24-23(14-22)29-11-8-12-30-24;/h5-7,9-10,13-14,18,20,26H,8,11-12,15-17H2,1-4H3;1H/t20-;/m0./s1. The predicted molar refractivity (Wildman–Crippen MR) is 122 cm³/mol. The van der Waals surface area contributed by atoms with Crippen LogP contribution in [0.25, 0.3) is 0 Å². The Morgan fingerprint density at radius 1 is 1.10 bits per heavy atom. The normalized spacial score (nSPS) is 14.3. The van der Waals surface area contributed by atoms with E-state index in [-0.39, 0.29) is 13.4 Å². The van der Waals surface area contributed by atoms with Crippen LogP contribution in [0.3, 0.4) is 0 Å². The first-order valence-electron chi connectivity index (χ1n) is 10.9. The molecule has 5 nitrogen and oxygen atoms in total. The second kappa shape index (κ2) is 10.5. The summed E-state index contributed by atoms with van der Waals surface area (Å²) in [6.07, 6.45) is 0.881. The number of nitrogens with one attached hydrogen (secondary N) is 1. The highest BCUT2D eigenvalue weighted by Gasteiger charge is 2.23. The Morgan fingerprint density at radius 3 is 2.57 bits per heavy atom. The van der Waals surface area contributed by atoms with Gasteiger partial charge in [-0.25, -0.2) is 0 Å². The topological polar surface area (TPSA) is 50.8 Å². The number of fused-ring (bicyclic) bond motifs is 1. The molecule has 164 valence electrons. The zero-order valence-electron chi connectivity index (χ0n) is 18.6. The maximum absolute atomic E-state index is 13.2. The number of aryl methyl sites for hydroxylation is 1. The van der Waals surface area contributed by atoms with Gasteiger partial charge in [-0.1, -0.05) is 50.2 Å². The van der Waals surface area contributed by atoms with Gasteiger partial charge in [0.15, 0.2) is 11.5 Å². The van der Waals surface area contributed by atoms with E-state index in [2.05, 4.69) is 37.4 Å². The average molecular weight is 413 g/mol. The van der Waals surface area contributed by atoms with Crippen molar-refractivity contribution in [2.75, 3.05) is 19.8 Å². The SMILES string of the molecule is Cc1cc(CN(CC(C)C)C(=O)[C@H](C)NCc2ccccc2)cc2c1OCCCO2.[HH]. The largest absolute Gasteiger partial charge is 0.490 e. The van der Waals surface area contributed by atoms with Gasteiger partial charge in [0.2, 0.25) is 5.91 Å². The first kappa shape index (κ1) is 22.2. The molecule has 0 saturated carbocycles. The van der Waals surface area contributed by atoms with Gasteiger partial charge in [-0.15, -0.1) is 0 Å². The van der Waals surface area contributed by atoms with Crippen LogP contribution in [0.1, 0.15) is 45.3 Å². The average Bonchev–Trinajstić information content (AvgIpc) is 2.97. The van der Waals surface area contributed by atoms with Crippen LogP contribution in [0.2, 0.25) is 0 Å².